The molecular formula is C19H22FN3O2. The predicted molar refractivity (Wildman–Crippen MR) is 95.2 cm³/mol. The van der Waals surface area contributed by atoms with Crippen LogP contribution in [0.15, 0.2) is 48.5 Å². The minimum Gasteiger partial charge on any atom is -0.496 e. The number of anilines is 1. The summed E-state index contributed by atoms with van der Waals surface area (Å²) in [6.07, 6.45) is 0. The first-order valence-corrected chi connectivity index (χ1v) is 8.31. The van der Waals surface area contributed by atoms with Crippen molar-refractivity contribution >= 4 is 11.6 Å². The Hall–Kier alpha value is -2.44. The number of rotatable bonds is 5. The summed E-state index contributed by atoms with van der Waals surface area (Å²) in [4.78, 5) is 14.5. The predicted octanol–water partition coefficient (Wildman–Crippen LogP) is 2.42. The number of nitrogens with one attached hydrogen (secondary N) is 2. The van der Waals surface area contributed by atoms with Crippen molar-refractivity contribution in [1.29, 1.82) is 0 Å². The van der Waals surface area contributed by atoms with Crippen LogP contribution in [0.1, 0.15) is 11.6 Å². The molecule has 3 rings (SSSR count). The lowest BCUT2D eigenvalue weighted by atomic mass is 10.0. The van der Waals surface area contributed by atoms with Crippen LogP contribution in [-0.2, 0) is 4.79 Å². The number of nitrogens with zero attached hydrogens (tertiary/aromatic N) is 1. The molecular weight excluding hydrogens is 321 g/mol. The Balaban J connectivity index is 1.73. The van der Waals surface area contributed by atoms with Gasteiger partial charge in [0.05, 0.1) is 25.4 Å². The number of carbonyl (C=O) groups excluding carboxylic acids is 1. The Bertz CT molecular complexity index is 738. The largest absolute Gasteiger partial charge is 0.496 e. The Labute approximate surface area is 146 Å². The third-order valence-corrected chi connectivity index (χ3v) is 4.35. The Kier molecular flexibility index (Phi) is 5.63. The van der Waals surface area contributed by atoms with Gasteiger partial charge in [0.2, 0.25) is 5.91 Å². The molecule has 132 valence electrons. The molecule has 1 heterocycles. The molecule has 6 heteroatoms. The lowest BCUT2D eigenvalue weighted by Gasteiger charge is -2.36. The second-order valence-corrected chi connectivity index (χ2v) is 5.96. The summed E-state index contributed by atoms with van der Waals surface area (Å²) in [6, 6.07) is 14.0. The van der Waals surface area contributed by atoms with Gasteiger partial charge >= 0.3 is 0 Å². The molecule has 1 amide bonds. The number of halogens is 1. The van der Waals surface area contributed by atoms with E-state index in [9.17, 15) is 9.18 Å². The molecule has 2 N–H and O–H groups in total. The van der Waals surface area contributed by atoms with Gasteiger partial charge in [0, 0.05) is 25.2 Å². The third kappa shape index (κ3) is 4.15. The lowest BCUT2D eigenvalue weighted by molar-refractivity contribution is -0.118. The summed E-state index contributed by atoms with van der Waals surface area (Å²) in [5.41, 5.74) is 1.24. The van der Waals surface area contributed by atoms with Crippen molar-refractivity contribution in [3.8, 4) is 5.75 Å². The van der Waals surface area contributed by atoms with Crippen molar-refractivity contribution in [2.75, 3.05) is 38.6 Å². The van der Waals surface area contributed by atoms with Gasteiger partial charge in [-0.05, 0) is 18.2 Å². The zero-order chi connectivity index (χ0) is 17.6. The minimum atomic E-state index is -0.433. The van der Waals surface area contributed by atoms with Gasteiger partial charge in [0.25, 0.3) is 0 Å². The fraction of sp³-hybridized carbons (Fsp3) is 0.316. The zero-order valence-electron chi connectivity index (χ0n) is 14.2. The average Bonchev–Trinajstić information content (AvgIpc) is 2.64. The molecule has 25 heavy (non-hydrogen) atoms. The van der Waals surface area contributed by atoms with Crippen LogP contribution < -0.4 is 15.4 Å². The van der Waals surface area contributed by atoms with Gasteiger partial charge in [-0.25, -0.2) is 4.39 Å². The number of benzene rings is 2. The van der Waals surface area contributed by atoms with Crippen molar-refractivity contribution in [3.05, 3.63) is 59.9 Å². The molecule has 0 aliphatic carbocycles. The second-order valence-electron chi connectivity index (χ2n) is 5.96. The highest BCUT2D eigenvalue weighted by atomic mass is 19.1. The molecule has 0 bridgehead atoms. The van der Waals surface area contributed by atoms with E-state index in [1.807, 2.05) is 24.3 Å². The highest BCUT2D eigenvalue weighted by Crippen LogP contribution is 2.30. The standard InChI is InChI=1S/C19H22FN3O2/c1-25-18-9-5-2-6-14(18)17-12-21-10-11-23(17)13-19(24)22-16-8-4-3-7-15(16)20/h2-9,17,21H,10-13H2,1H3,(H,22,24). The highest BCUT2D eigenvalue weighted by molar-refractivity contribution is 5.92. The molecule has 1 fully saturated rings. The maximum atomic E-state index is 13.7. The summed E-state index contributed by atoms with van der Waals surface area (Å²) in [5, 5.41) is 6.01. The smallest absolute Gasteiger partial charge is 0.238 e. The van der Waals surface area contributed by atoms with E-state index in [0.717, 1.165) is 30.9 Å². The monoisotopic (exact) mass is 343 g/mol. The molecule has 0 radical (unpaired) electrons. The first-order chi connectivity index (χ1) is 12.2. The molecule has 1 atom stereocenters. The Morgan fingerprint density at radius 1 is 1.28 bits per heavy atom. The van der Waals surface area contributed by atoms with E-state index in [-0.39, 0.29) is 24.2 Å². The van der Waals surface area contributed by atoms with Crippen molar-refractivity contribution < 1.29 is 13.9 Å². The van der Waals surface area contributed by atoms with E-state index in [1.165, 1.54) is 6.07 Å². The molecule has 1 aliphatic heterocycles. The number of ether oxygens (including phenoxy) is 1. The van der Waals surface area contributed by atoms with Crippen LogP contribution in [0.5, 0.6) is 5.75 Å². The number of hydrogen-bond donors (Lipinski definition) is 2. The van der Waals surface area contributed by atoms with E-state index in [0.29, 0.717) is 0 Å². The van der Waals surface area contributed by atoms with Crippen molar-refractivity contribution in [2.24, 2.45) is 0 Å². The fourth-order valence-corrected chi connectivity index (χ4v) is 3.12. The quantitative estimate of drug-likeness (QED) is 0.875. The topological polar surface area (TPSA) is 53.6 Å². The van der Waals surface area contributed by atoms with Crippen molar-refractivity contribution in [2.45, 2.75) is 6.04 Å². The first-order valence-electron chi connectivity index (χ1n) is 8.31. The summed E-state index contributed by atoms with van der Waals surface area (Å²) < 4.78 is 19.2. The Morgan fingerprint density at radius 2 is 2.04 bits per heavy atom. The number of amides is 1. The second kappa shape index (κ2) is 8.09. The van der Waals surface area contributed by atoms with Crippen LogP contribution >= 0.6 is 0 Å². The highest BCUT2D eigenvalue weighted by Gasteiger charge is 2.27. The van der Waals surface area contributed by atoms with Gasteiger partial charge in [-0.3, -0.25) is 9.69 Å². The van der Waals surface area contributed by atoms with Gasteiger partial charge in [0.15, 0.2) is 0 Å². The molecule has 0 saturated carbocycles. The molecule has 5 nitrogen and oxygen atoms in total. The van der Waals surface area contributed by atoms with E-state index >= 15 is 0 Å². The maximum absolute atomic E-state index is 13.7. The van der Waals surface area contributed by atoms with Crippen molar-refractivity contribution in [3.63, 3.8) is 0 Å². The molecule has 0 aromatic heterocycles. The van der Waals surface area contributed by atoms with E-state index < -0.39 is 5.82 Å². The molecule has 2 aromatic rings. The molecule has 1 saturated heterocycles. The molecule has 0 spiro atoms. The van der Waals surface area contributed by atoms with Crippen LogP contribution in [0.25, 0.3) is 0 Å². The summed E-state index contributed by atoms with van der Waals surface area (Å²) in [6.45, 7) is 2.46. The van der Waals surface area contributed by atoms with E-state index in [4.69, 9.17) is 4.74 Å². The zero-order valence-corrected chi connectivity index (χ0v) is 14.2. The average molecular weight is 343 g/mol. The van der Waals surface area contributed by atoms with Gasteiger partial charge in [0.1, 0.15) is 11.6 Å². The SMILES string of the molecule is COc1ccccc1C1CNCCN1CC(=O)Nc1ccccc1F. The molecule has 1 unspecified atom stereocenters. The number of carbonyl (C=O) groups is 1. The van der Waals surface area contributed by atoms with Crippen LogP contribution in [-0.4, -0.2) is 44.1 Å². The van der Waals surface area contributed by atoms with Crippen LogP contribution in [0.3, 0.4) is 0 Å². The van der Waals surface area contributed by atoms with Gasteiger partial charge in [-0.1, -0.05) is 30.3 Å². The number of methoxy groups -OCH3 is 1. The van der Waals surface area contributed by atoms with Crippen LogP contribution in [0, 0.1) is 5.82 Å². The van der Waals surface area contributed by atoms with Gasteiger partial charge < -0.3 is 15.4 Å². The first kappa shape index (κ1) is 17.4. The van der Waals surface area contributed by atoms with E-state index in [2.05, 4.69) is 15.5 Å². The molecule has 2 aromatic carbocycles. The van der Waals surface area contributed by atoms with E-state index in [1.54, 1.807) is 25.3 Å². The van der Waals surface area contributed by atoms with Crippen molar-refractivity contribution in [1.82, 2.24) is 10.2 Å². The number of piperazine rings is 1. The maximum Gasteiger partial charge on any atom is 0.238 e. The fourth-order valence-electron chi connectivity index (χ4n) is 3.12. The minimum absolute atomic E-state index is 0.0243. The normalized spacial score (nSPS) is 17.9. The lowest BCUT2D eigenvalue weighted by Crippen LogP contribution is -2.48. The number of hydrogen-bond acceptors (Lipinski definition) is 4. The van der Waals surface area contributed by atoms with Gasteiger partial charge in [-0.2, -0.15) is 0 Å². The Morgan fingerprint density at radius 3 is 2.84 bits per heavy atom. The molecule has 1 aliphatic rings. The summed E-state index contributed by atoms with van der Waals surface area (Å²) in [7, 11) is 1.64. The van der Waals surface area contributed by atoms with Gasteiger partial charge in [-0.15, -0.1) is 0 Å². The summed E-state index contributed by atoms with van der Waals surface area (Å²) >= 11 is 0. The summed E-state index contributed by atoms with van der Waals surface area (Å²) in [5.74, 6) is 0.139. The van der Waals surface area contributed by atoms with Crippen LogP contribution in [0.4, 0.5) is 10.1 Å². The van der Waals surface area contributed by atoms with Crippen LogP contribution in [0.2, 0.25) is 0 Å². The number of para-hydroxylation sites is 2. The third-order valence-electron chi connectivity index (χ3n) is 4.35.